The summed E-state index contributed by atoms with van der Waals surface area (Å²) in [5.74, 6) is 0.977. The van der Waals surface area contributed by atoms with Crippen LogP contribution in [0.3, 0.4) is 0 Å². The summed E-state index contributed by atoms with van der Waals surface area (Å²) < 4.78 is 0. The minimum atomic E-state index is 0.818. The number of hydrogen-bond donors (Lipinski definition) is 1. The average Bonchev–Trinajstić information content (AvgIpc) is 2.60. The zero-order valence-corrected chi connectivity index (χ0v) is 11.5. The Morgan fingerprint density at radius 1 is 0.938 bits per heavy atom. The third kappa shape index (κ3) is 3.66. The number of rotatable bonds is 4. The lowest BCUT2D eigenvalue weighted by molar-refractivity contribution is 0.394. The van der Waals surface area contributed by atoms with Crippen molar-refractivity contribution in [2.45, 2.75) is 69.1 Å². The topological polar surface area (TPSA) is 12.0 Å². The van der Waals surface area contributed by atoms with Gasteiger partial charge < -0.3 is 5.32 Å². The molecule has 2 atom stereocenters. The average molecular weight is 241 g/mol. The normalized spacial score (nSPS) is 32.8. The Morgan fingerprint density at radius 3 is 2.38 bits per heavy atom. The van der Waals surface area contributed by atoms with Crippen molar-refractivity contribution in [3.63, 3.8) is 0 Å². The highest BCUT2D eigenvalue weighted by Gasteiger charge is 2.26. The van der Waals surface area contributed by atoms with Crippen molar-refractivity contribution in [1.29, 1.82) is 0 Å². The van der Waals surface area contributed by atoms with Gasteiger partial charge in [-0.3, -0.25) is 0 Å². The zero-order chi connectivity index (χ0) is 11.2. The van der Waals surface area contributed by atoms with Crippen molar-refractivity contribution in [3.8, 4) is 0 Å². The molecule has 0 spiro atoms. The Labute approximate surface area is 105 Å². The minimum absolute atomic E-state index is 0.818. The molecule has 2 saturated carbocycles. The van der Waals surface area contributed by atoms with E-state index in [1.54, 1.807) is 0 Å². The Morgan fingerprint density at radius 2 is 1.69 bits per heavy atom. The number of hydrogen-bond acceptors (Lipinski definition) is 2. The van der Waals surface area contributed by atoms with Crippen molar-refractivity contribution >= 4 is 11.8 Å². The Bertz CT molecular complexity index is 187. The number of nitrogens with one attached hydrogen (secondary N) is 1. The van der Waals surface area contributed by atoms with Crippen LogP contribution in [0.25, 0.3) is 0 Å². The van der Waals surface area contributed by atoms with Crippen LogP contribution in [0.2, 0.25) is 0 Å². The molecule has 1 N–H and O–H groups in total. The molecule has 0 aromatic carbocycles. The van der Waals surface area contributed by atoms with Crippen molar-refractivity contribution in [3.05, 3.63) is 0 Å². The second kappa shape index (κ2) is 6.90. The van der Waals surface area contributed by atoms with Crippen LogP contribution >= 0.6 is 11.8 Å². The minimum Gasteiger partial charge on any atom is -0.313 e. The molecule has 2 unspecified atom stereocenters. The molecule has 16 heavy (non-hydrogen) atoms. The molecule has 0 saturated heterocycles. The van der Waals surface area contributed by atoms with E-state index in [0.29, 0.717) is 0 Å². The second-order valence-corrected chi connectivity index (χ2v) is 6.65. The molecule has 2 aliphatic carbocycles. The summed E-state index contributed by atoms with van der Waals surface area (Å²) in [6.45, 7) is 1.29. The summed E-state index contributed by atoms with van der Waals surface area (Å²) in [6, 6.07) is 0.818. The van der Waals surface area contributed by atoms with E-state index in [0.717, 1.165) is 17.2 Å². The molecule has 0 heterocycles. The quantitative estimate of drug-likeness (QED) is 0.751. The van der Waals surface area contributed by atoms with Gasteiger partial charge in [0.2, 0.25) is 0 Å². The Hall–Kier alpha value is 0.310. The molecule has 0 aliphatic heterocycles. The molecule has 1 nitrogen and oxygen atoms in total. The molecule has 2 aliphatic rings. The predicted molar refractivity (Wildman–Crippen MR) is 74.1 cm³/mol. The fourth-order valence-electron chi connectivity index (χ4n) is 3.33. The summed E-state index contributed by atoms with van der Waals surface area (Å²) in [7, 11) is 0. The molecule has 0 aromatic heterocycles. The van der Waals surface area contributed by atoms with Crippen LogP contribution < -0.4 is 5.32 Å². The van der Waals surface area contributed by atoms with E-state index in [-0.39, 0.29) is 0 Å². The fraction of sp³-hybridized carbons (Fsp3) is 1.00. The van der Waals surface area contributed by atoms with Gasteiger partial charge in [0.1, 0.15) is 0 Å². The lowest BCUT2D eigenvalue weighted by Crippen LogP contribution is -2.37. The van der Waals surface area contributed by atoms with Gasteiger partial charge in [0.05, 0.1) is 0 Å². The van der Waals surface area contributed by atoms with Crippen molar-refractivity contribution < 1.29 is 0 Å². The maximum atomic E-state index is 3.86. The molecular weight excluding hydrogens is 214 g/mol. The third-order valence-electron chi connectivity index (χ3n) is 4.40. The third-order valence-corrected chi connectivity index (χ3v) is 5.57. The second-order valence-electron chi connectivity index (χ2n) is 5.58. The van der Waals surface area contributed by atoms with E-state index >= 15 is 0 Å². The van der Waals surface area contributed by atoms with Gasteiger partial charge >= 0.3 is 0 Å². The van der Waals surface area contributed by atoms with E-state index in [1.165, 1.54) is 64.3 Å². The van der Waals surface area contributed by atoms with Crippen LogP contribution in [0, 0.1) is 5.92 Å². The smallest absolute Gasteiger partial charge is 0.0198 e. The number of thioether (sulfide) groups is 1. The molecule has 94 valence electrons. The summed E-state index contributed by atoms with van der Waals surface area (Å²) >= 11 is 2.07. The molecule has 0 amide bonds. The standard InChI is InChI=1S/C14H27NS/c1-16-14-10-6-9-13(14)15-11-12-7-4-2-3-5-8-12/h12-15H,2-11H2,1H3. The first kappa shape index (κ1) is 12.8. The highest BCUT2D eigenvalue weighted by molar-refractivity contribution is 7.99. The van der Waals surface area contributed by atoms with E-state index in [1.807, 2.05) is 0 Å². The Balaban J connectivity index is 1.69. The molecule has 0 bridgehead atoms. The van der Waals surface area contributed by atoms with Crippen molar-refractivity contribution in [2.75, 3.05) is 12.8 Å². The lowest BCUT2D eigenvalue weighted by atomic mass is 10.00. The largest absolute Gasteiger partial charge is 0.313 e. The summed E-state index contributed by atoms with van der Waals surface area (Å²) in [5.41, 5.74) is 0. The van der Waals surface area contributed by atoms with Crippen LogP contribution in [0.1, 0.15) is 57.8 Å². The van der Waals surface area contributed by atoms with E-state index in [9.17, 15) is 0 Å². The monoisotopic (exact) mass is 241 g/mol. The first-order valence-corrected chi connectivity index (χ1v) is 8.45. The maximum Gasteiger partial charge on any atom is 0.0198 e. The molecule has 0 radical (unpaired) electrons. The fourth-order valence-corrected chi connectivity index (χ4v) is 4.29. The van der Waals surface area contributed by atoms with Gasteiger partial charge in [0.15, 0.2) is 0 Å². The molecular formula is C14H27NS. The van der Waals surface area contributed by atoms with Crippen molar-refractivity contribution in [2.24, 2.45) is 5.92 Å². The first-order chi connectivity index (χ1) is 7.90. The summed E-state index contributed by atoms with van der Waals surface area (Å²) in [6.07, 6.45) is 15.4. The lowest BCUT2D eigenvalue weighted by Gasteiger charge is -2.22. The zero-order valence-electron chi connectivity index (χ0n) is 10.7. The van der Waals surface area contributed by atoms with Crippen molar-refractivity contribution in [1.82, 2.24) is 5.32 Å². The van der Waals surface area contributed by atoms with Gasteiger partial charge in [-0.2, -0.15) is 11.8 Å². The highest BCUT2D eigenvalue weighted by Crippen LogP contribution is 2.29. The molecule has 2 fully saturated rings. The van der Waals surface area contributed by atoms with Gasteiger partial charge in [0, 0.05) is 11.3 Å². The summed E-state index contributed by atoms with van der Waals surface area (Å²) in [5, 5.41) is 4.75. The van der Waals surface area contributed by atoms with E-state index in [2.05, 4.69) is 23.3 Å². The van der Waals surface area contributed by atoms with E-state index in [4.69, 9.17) is 0 Å². The molecule has 2 heteroatoms. The maximum absolute atomic E-state index is 3.86. The SMILES string of the molecule is CSC1CCCC1NCC1CCCCCC1. The van der Waals surface area contributed by atoms with E-state index < -0.39 is 0 Å². The highest BCUT2D eigenvalue weighted by atomic mass is 32.2. The molecule has 2 rings (SSSR count). The molecule has 0 aromatic rings. The van der Waals surface area contributed by atoms with Gasteiger partial charge in [-0.05, 0) is 44.4 Å². The first-order valence-electron chi connectivity index (χ1n) is 7.16. The van der Waals surface area contributed by atoms with Crippen LogP contribution in [-0.2, 0) is 0 Å². The van der Waals surface area contributed by atoms with Gasteiger partial charge in [0.25, 0.3) is 0 Å². The predicted octanol–water partition coefficient (Wildman–Crippen LogP) is 3.83. The van der Waals surface area contributed by atoms with Crippen LogP contribution in [-0.4, -0.2) is 24.1 Å². The van der Waals surface area contributed by atoms with Gasteiger partial charge in [-0.25, -0.2) is 0 Å². The van der Waals surface area contributed by atoms with Gasteiger partial charge in [-0.15, -0.1) is 0 Å². The Kier molecular flexibility index (Phi) is 5.51. The summed E-state index contributed by atoms with van der Waals surface area (Å²) in [4.78, 5) is 0. The van der Waals surface area contributed by atoms with Crippen LogP contribution in [0.5, 0.6) is 0 Å². The van der Waals surface area contributed by atoms with Gasteiger partial charge in [-0.1, -0.05) is 32.1 Å². The van der Waals surface area contributed by atoms with Crippen LogP contribution in [0.4, 0.5) is 0 Å². The van der Waals surface area contributed by atoms with Crippen LogP contribution in [0.15, 0.2) is 0 Å².